The average Bonchev–Trinajstić information content (AvgIpc) is 3.22. The van der Waals surface area contributed by atoms with Gasteiger partial charge in [0, 0.05) is 65.8 Å². The van der Waals surface area contributed by atoms with Gasteiger partial charge in [-0.25, -0.2) is 9.97 Å². The van der Waals surface area contributed by atoms with Crippen LogP contribution in [0.2, 0.25) is 0 Å². The van der Waals surface area contributed by atoms with E-state index in [9.17, 15) is 0 Å². The van der Waals surface area contributed by atoms with Crippen molar-refractivity contribution in [2.24, 2.45) is 9.98 Å². The van der Waals surface area contributed by atoms with Crippen molar-refractivity contribution in [3.05, 3.63) is 70.9 Å². The molecule has 4 atom stereocenters. The lowest BCUT2D eigenvalue weighted by molar-refractivity contribution is 0.500. The van der Waals surface area contributed by atoms with Gasteiger partial charge in [0.15, 0.2) is 5.82 Å². The molecular weight excluding hydrogens is 408 g/mol. The summed E-state index contributed by atoms with van der Waals surface area (Å²) in [5.41, 5.74) is 8.26. The number of nitrogens with one attached hydrogen (secondary N) is 2. The molecule has 2 N–H and O–H groups in total. The van der Waals surface area contributed by atoms with Crippen LogP contribution in [0.4, 0.5) is 0 Å². The summed E-state index contributed by atoms with van der Waals surface area (Å²) >= 11 is 0. The molecule has 4 unspecified atom stereocenters. The lowest BCUT2D eigenvalue weighted by Crippen LogP contribution is -2.20. The van der Waals surface area contributed by atoms with Crippen LogP contribution in [0.15, 0.2) is 58.6 Å². The van der Waals surface area contributed by atoms with E-state index in [2.05, 4.69) is 62.0 Å². The zero-order valence-corrected chi connectivity index (χ0v) is 17.5. The second kappa shape index (κ2) is 7.05. The standard InChI is InChI=1S/C24H20N6.ClH/c1-3-13(20-14(4-1)18-8-11-26-23(20)29-18)17-7-10-25-22(28-17)16-6-2-5-15-19-9-12-27-24(30-19)21(15)16;/h1-7,10-12,18-19,23-24,29-30H,8-9H2;1H. The summed E-state index contributed by atoms with van der Waals surface area (Å²) in [4.78, 5) is 19.0. The summed E-state index contributed by atoms with van der Waals surface area (Å²) in [6, 6.07) is 15.6. The highest BCUT2D eigenvalue weighted by atomic mass is 35.5. The van der Waals surface area contributed by atoms with Gasteiger partial charge in [-0.1, -0.05) is 36.4 Å². The fraction of sp³-hybridized carbons (Fsp3) is 0.250. The smallest absolute Gasteiger partial charge is 0.160 e. The molecule has 4 aliphatic heterocycles. The van der Waals surface area contributed by atoms with Gasteiger partial charge in [-0.3, -0.25) is 20.6 Å². The van der Waals surface area contributed by atoms with Crippen LogP contribution in [-0.2, 0) is 0 Å². The summed E-state index contributed by atoms with van der Waals surface area (Å²) in [5, 5.41) is 7.20. The number of nitrogens with zero attached hydrogens (tertiary/aromatic N) is 4. The number of benzene rings is 2. The van der Waals surface area contributed by atoms with Crippen LogP contribution in [0.5, 0.6) is 0 Å². The molecule has 3 aromatic rings. The summed E-state index contributed by atoms with van der Waals surface area (Å²) in [6.45, 7) is 0. The van der Waals surface area contributed by atoms with Crippen molar-refractivity contribution in [1.82, 2.24) is 20.6 Å². The van der Waals surface area contributed by atoms with E-state index in [0.717, 1.165) is 35.5 Å². The Morgan fingerprint density at radius 1 is 0.742 bits per heavy atom. The van der Waals surface area contributed by atoms with Crippen LogP contribution in [-0.4, -0.2) is 22.4 Å². The highest BCUT2D eigenvalue weighted by Crippen LogP contribution is 2.44. The van der Waals surface area contributed by atoms with Gasteiger partial charge in [-0.15, -0.1) is 12.4 Å². The van der Waals surface area contributed by atoms with Crippen molar-refractivity contribution >= 4 is 24.8 Å². The normalized spacial score (nSPS) is 26.3. The Balaban J connectivity index is 0.00000185. The Morgan fingerprint density at radius 3 is 2.03 bits per heavy atom. The number of halogens is 1. The minimum Gasteiger partial charge on any atom is -0.285 e. The van der Waals surface area contributed by atoms with E-state index < -0.39 is 0 Å². The minimum absolute atomic E-state index is 0. The summed E-state index contributed by atoms with van der Waals surface area (Å²) in [6.07, 6.45) is 7.83. The first-order valence-electron chi connectivity index (χ1n) is 10.5. The van der Waals surface area contributed by atoms with E-state index in [1.807, 2.05) is 24.7 Å². The van der Waals surface area contributed by atoms with Crippen LogP contribution in [0.1, 0.15) is 59.5 Å². The summed E-state index contributed by atoms with van der Waals surface area (Å²) in [7, 11) is 0. The van der Waals surface area contributed by atoms with Crippen LogP contribution in [0, 0.1) is 0 Å². The SMILES string of the molecule is C1=NC2NC(C1)c1cccc(-c3ccnc(-c4cccc5c4C4N=CCC5N4)n3)c12.Cl. The van der Waals surface area contributed by atoms with Gasteiger partial charge in [-0.2, -0.15) is 0 Å². The van der Waals surface area contributed by atoms with E-state index >= 15 is 0 Å². The van der Waals surface area contributed by atoms with Gasteiger partial charge in [0.05, 0.1) is 5.69 Å². The first-order chi connectivity index (χ1) is 14.9. The zero-order chi connectivity index (χ0) is 19.7. The number of rotatable bonds is 2. The third-order valence-corrected chi connectivity index (χ3v) is 6.66. The highest BCUT2D eigenvalue weighted by molar-refractivity contribution is 5.85. The Labute approximate surface area is 186 Å². The largest absolute Gasteiger partial charge is 0.285 e. The topological polar surface area (TPSA) is 74.6 Å². The number of fused-ring (bicyclic) bond motifs is 10. The fourth-order valence-corrected chi connectivity index (χ4v) is 5.34. The molecule has 4 bridgehead atoms. The fourth-order valence-electron chi connectivity index (χ4n) is 5.34. The van der Waals surface area contributed by atoms with Gasteiger partial charge in [0.25, 0.3) is 0 Å². The number of hydrogen-bond acceptors (Lipinski definition) is 6. The van der Waals surface area contributed by atoms with Gasteiger partial charge < -0.3 is 0 Å². The molecule has 7 rings (SSSR count). The molecule has 0 saturated heterocycles. The summed E-state index contributed by atoms with van der Waals surface area (Å²) in [5.74, 6) is 0.754. The quantitative estimate of drug-likeness (QED) is 0.631. The maximum absolute atomic E-state index is 5.03. The molecule has 4 aliphatic rings. The molecular formula is C24H21ClN6. The average molecular weight is 429 g/mol. The first kappa shape index (κ1) is 18.8. The monoisotopic (exact) mass is 428 g/mol. The van der Waals surface area contributed by atoms with E-state index in [1.165, 1.54) is 22.3 Å². The van der Waals surface area contributed by atoms with Crippen molar-refractivity contribution in [1.29, 1.82) is 0 Å². The van der Waals surface area contributed by atoms with Gasteiger partial charge in [0.1, 0.15) is 12.3 Å². The predicted molar refractivity (Wildman–Crippen MR) is 124 cm³/mol. The molecule has 0 amide bonds. The molecule has 0 saturated carbocycles. The van der Waals surface area contributed by atoms with Gasteiger partial charge >= 0.3 is 0 Å². The van der Waals surface area contributed by atoms with E-state index in [0.29, 0.717) is 12.1 Å². The second-order valence-corrected chi connectivity index (χ2v) is 8.26. The molecule has 154 valence electrons. The van der Waals surface area contributed by atoms with E-state index in [4.69, 9.17) is 4.98 Å². The van der Waals surface area contributed by atoms with Crippen LogP contribution in [0.3, 0.4) is 0 Å². The van der Waals surface area contributed by atoms with Crippen molar-refractivity contribution in [2.45, 2.75) is 37.3 Å². The van der Waals surface area contributed by atoms with Crippen molar-refractivity contribution in [3.8, 4) is 22.6 Å². The van der Waals surface area contributed by atoms with Crippen molar-refractivity contribution in [2.75, 3.05) is 0 Å². The van der Waals surface area contributed by atoms with Gasteiger partial charge in [-0.05, 0) is 17.2 Å². The molecule has 5 heterocycles. The minimum atomic E-state index is 0. The number of aliphatic imine (C=N–C) groups is 2. The van der Waals surface area contributed by atoms with E-state index in [1.54, 1.807) is 0 Å². The third-order valence-electron chi connectivity index (χ3n) is 6.66. The molecule has 0 fully saturated rings. The number of hydrogen-bond donors (Lipinski definition) is 2. The molecule has 2 aromatic carbocycles. The zero-order valence-electron chi connectivity index (χ0n) is 16.7. The molecule has 1 aromatic heterocycles. The molecule has 7 heteroatoms. The third kappa shape index (κ3) is 2.72. The predicted octanol–water partition coefficient (Wildman–Crippen LogP) is 4.47. The van der Waals surface area contributed by atoms with E-state index in [-0.39, 0.29) is 24.7 Å². The maximum atomic E-state index is 5.03. The maximum Gasteiger partial charge on any atom is 0.160 e. The highest BCUT2D eigenvalue weighted by Gasteiger charge is 2.36. The van der Waals surface area contributed by atoms with Gasteiger partial charge in [0.2, 0.25) is 0 Å². The molecule has 0 spiro atoms. The Hall–Kier alpha value is -2.93. The Bertz CT molecular complexity index is 1160. The lowest BCUT2D eigenvalue weighted by atomic mass is 9.95. The van der Waals surface area contributed by atoms with Crippen LogP contribution in [0.25, 0.3) is 22.6 Å². The van der Waals surface area contributed by atoms with Crippen molar-refractivity contribution in [3.63, 3.8) is 0 Å². The Morgan fingerprint density at radius 2 is 1.35 bits per heavy atom. The van der Waals surface area contributed by atoms with Crippen LogP contribution < -0.4 is 10.6 Å². The second-order valence-electron chi connectivity index (χ2n) is 8.26. The van der Waals surface area contributed by atoms with Crippen LogP contribution >= 0.6 is 12.4 Å². The lowest BCUT2D eigenvalue weighted by Gasteiger charge is -2.16. The molecule has 0 radical (unpaired) electrons. The first-order valence-corrected chi connectivity index (χ1v) is 10.5. The Kier molecular flexibility index (Phi) is 4.28. The number of aromatic nitrogens is 2. The van der Waals surface area contributed by atoms with Crippen molar-refractivity contribution < 1.29 is 0 Å². The molecule has 0 aliphatic carbocycles. The molecule has 6 nitrogen and oxygen atoms in total. The molecule has 31 heavy (non-hydrogen) atoms. The summed E-state index contributed by atoms with van der Waals surface area (Å²) < 4.78 is 0.